The Bertz CT molecular complexity index is 303. The van der Waals surface area contributed by atoms with Gasteiger partial charge >= 0.3 is 0 Å². The lowest BCUT2D eigenvalue weighted by Gasteiger charge is -2.32. The fourth-order valence-corrected chi connectivity index (χ4v) is 3.77. The van der Waals surface area contributed by atoms with E-state index in [0.29, 0.717) is 6.04 Å². The van der Waals surface area contributed by atoms with Crippen LogP contribution >= 0.6 is 12.4 Å². The van der Waals surface area contributed by atoms with E-state index in [1.165, 1.54) is 38.5 Å². The lowest BCUT2D eigenvalue weighted by molar-refractivity contribution is -0.122. The van der Waals surface area contributed by atoms with Crippen LogP contribution in [0.1, 0.15) is 65.2 Å². The van der Waals surface area contributed by atoms with Gasteiger partial charge in [0.2, 0.25) is 5.91 Å². The second kappa shape index (κ2) is 9.68. The van der Waals surface area contributed by atoms with Gasteiger partial charge in [-0.15, -0.1) is 12.4 Å². The van der Waals surface area contributed by atoms with Gasteiger partial charge in [-0.05, 0) is 62.9 Å². The minimum Gasteiger partial charge on any atom is -0.353 e. The topological polar surface area (TPSA) is 41.1 Å². The molecular weight excluding hydrogens is 284 g/mol. The Morgan fingerprint density at radius 3 is 2.57 bits per heavy atom. The van der Waals surface area contributed by atoms with E-state index in [0.717, 1.165) is 43.7 Å². The van der Waals surface area contributed by atoms with E-state index in [1.54, 1.807) is 0 Å². The van der Waals surface area contributed by atoms with E-state index in [1.807, 2.05) is 0 Å². The van der Waals surface area contributed by atoms with Gasteiger partial charge < -0.3 is 10.6 Å². The van der Waals surface area contributed by atoms with Crippen LogP contribution in [-0.2, 0) is 4.79 Å². The molecule has 0 radical (unpaired) electrons. The summed E-state index contributed by atoms with van der Waals surface area (Å²) in [6, 6.07) is 0.441. The molecule has 2 rings (SSSR count). The molecule has 1 aliphatic carbocycles. The van der Waals surface area contributed by atoms with Crippen molar-refractivity contribution in [3.8, 4) is 0 Å². The molecule has 1 aliphatic heterocycles. The Balaban J connectivity index is 0.00000220. The molecule has 1 saturated heterocycles. The fourth-order valence-electron chi connectivity index (χ4n) is 3.77. The van der Waals surface area contributed by atoms with E-state index in [-0.39, 0.29) is 18.3 Å². The third-order valence-corrected chi connectivity index (χ3v) is 5.26. The van der Waals surface area contributed by atoms with Crippen molar-refractivity contribution in [3.63, 3.8) is 0 Å². The van der Waals surface area contributed by atoms with Crippen LogP contribution in [0.25, 0.3) is 0 Å². The molecular formula is C17H33ClN2O. The van der Waals surface area contributed by atoms with Crippen molar-refractivity contribution in [3.05, 3.63) is 0 Å². The van der Waals surface area contributed by atoms with Gasteiger partial charge in [-0.1, -0.05) is 26.7 Å². The summed E-state index contributed by atoms with van der Waals surface area (Å²) in [5.74, 6) is 2.61. The van der Waals surface area contributed by atoms with Crippen LogP contribution in [0.4, 0.5) is 0 Å². The second-order valence-electron chi connectivity index (χ2n) is 7.17. The number of nitrogens with one attached hydrogen (secondary N) is 2. The summed E-state index contributed by atoms with van der Waals surface area (Å²) in [5.41, 5.74) is 0. The molecule has 2 N–H and O–H groups in total. The number of hydrogen-bond acceptors (Lipinski definition) is 2. The largest absolute Gasteiger partial charge is 0.353 e. The first-order valence-electron chi connectivity index (χ1n) is 8.65. The van der Waals surface area contributed by atoms with E-state index in [4.69, 9.17) is 0 Å². The third kappa shape index (κ3) is 6.56. The molecule has 4 heteroatoms. The van der Waals surface area contributed by atoms with Crippen molar-refractivity contribution < 1.29 is 4.79 Å². The van der Waals surface area contributed by atoms with Crippen molar-refractivity contribution in [2.24, 2.45) is 17.8 Å². The van der Waals surface area contributed by atoms with Crippen LogP contribution in [-0.4, -0.2) is 25.0 Å². The molecule has 1 amide bonds. The van der Waals surface area contributed by atoms with Gasteiger partial charge in [0.05, 0.1) is 0 Å². The summed E-state index contributed by atoms with van der Waals surface area (Å²) >= 11 is 0. The standard InChI is InChI=1S/C17H32N2O.ClH/c1-13(2)15-4-3-5-16(12-15)19-17(20)7-6-14-8-10-18-11-9-14;/h13-16,18H,3-12H2,1-2H3,(H,19,20);1H. The average Bonchev–Trinajstić information content (AvgIpc) is 2.46. The van der Waals surface area contributed by atoms with Crippen molar-refractivity contribution in [2.45, 2.75) is 71.3 Å². The first-order valence-corrected chi connectivity index (χ1v) is 8.65. The number of hydrogen-bond donors (Lipinski definition) is 2. The molecule has 2 fully saturated rings. The Hall–Kier alpha value is -0.280. The molecule has 2 atom stereocenters. The Kier molecular flexibility index (Phi) is 8.65. The summed E-state index contributed by atoms with van der Waals surface area (Å²) in [6.07, 6.45) is 9.29. The van der Waals surface area contributed by atoms with Crippen molar-refractivity contribution in [1.29, 1.82) is 0 Å². The summed E-state index contributed by atoms with van der Waals surface area (Å²) in [7, 11) is 0. The predicted octanol–water partition coefficient (Wildman–Crippen LogP) is 3.52. The number of halogens is 1. The van der Waals surface area contributed by atoms with E-state index in [2.05, 4.69) is 24.5 Å². The summed E-state index contributed by atoms with van der Waals surface area (Å²) in [6.45, 7) is 6.88. The maximum Gasteiger partial charge on any atom is 0.220 e. The molecule has 1 saturated carbocycles. The van der Waals surface area contributed by atoms with Crippen LogP contribution in [0.5, 0.6) is 0 Å². The van der Waals surface area contributed by atoms with Gasteiger partial charge in [0.25, 0.3) is 0 Å². The minimum atomic E-state index is 0. The number of carbonyl (C=O) groups is 1. The van der Waals surface area contributed by atoms with Crippen LogP contribution in [0.15, 0.2) is 0 Å². The van der Waals surface area contributed by atoms with E-state index < -0.39 is 0 Å². The molecule has 2 aliphatic rings. The second-order valence-corrected chi connectivity index (χ2v) is 7.17. The quantitative estimate of drug-likeness (QED) is 0.815. The molecule has 2 unspecified atom stereocenters. The predicted molar refractivity (Wildman–Crippen MR) is 90.8 cm³/mol. The lowest BCUT2D eigenvalue weighted by atomic mass is 9.79. The number of rotatable bonds is 5. The fraction of sp³-hybridized carbons (Fsp3) is 0.941. The van der Waals surface area contributed by atoms with Gasteiger partial charge in [-0.2, -0.15) is 0 Å². The smallest absolute Gasteiger partial charge is 0.220 e. The van der Waals surface area contributed by atoms with Crippen LogP contribution in [0.3, 0.4) is 0 Å². The summed E-state index contributed by atoms with van der Waals surface area (Å²) in [5, 5.41) is 6.67. The van der Waals surface area contributed by atoms with Gasteiger partial charge in [-0.25, -0.2) is 0 Å². The third-order valence-electron chi connectivity index (χ3n) is 5.26. The molecule has 3 nitrogen and oxygen atoms in total. The monoisotopic (exact) mass is 316 g/mol. The maximum absolute atomic E-state index is 12.1. The number of amides is 1. The van der Waals surface area contributed by atoms with E-state index >= 15 is 0 Å². The van der Waals surface area contributed by atoms with Gasteiger partial charge in [0.1, 0.15) is 0 Å². The Labute approximate surface area is 136 Å². The van der Waals surface area contributed by atoms with E-state index in [9.17, 15) is 4.79 Å². The van der Waals surface area contributed by atoms with Crippen molar-refractivity contribution in [2.75, 3.05) is 13.1 Å². The summed E-state index contributed by atoms with van der Waals surface area (Å²) < 4.78 is 0. The van der Waals surface area contributed by atoms with Gasteiger partial charge in [0.15, 0.2) is 0 Å². The van der Waals surface area contributed by atoms with Crippen LogP contribution in [0.2, 0.25) is 0 Å². The highest BCUT2D eigenvalue weighted by Gasteiger charge is 2.25. The highest BCUT2D eigenvalue weighted by Crippen LogP contribution is 2.30. The molecule has 0 aromatic rings. The zero-order valence-electron chi connectivity index (χ0n) is 13.7. The molecule has 0 spiro atoms. The molecule has 124 valence electrons. The Morgan fingerprint density at radius 2 is 1.90 bits per heavy atom. The van der Waals surface area contributed by atoms with Crippen molar-refractivity contribution >= 4 is 18.3 Å². The average molecular weight is 317 g/mol. The van der Waals surface area contributed by atoms with Crippen LogP contribution < -0.4 is 10.6 Å². The maximum atomic E-state index is 12.1. The SMILES string of the molecule is CC(C)C1CCCC(NC(=O)CCC2CCNCC2)C1.Cl. The normalized spacial score (nSPS) is 27.2. The molecule has 0 aromatic carbocycles. The molecule has 21 heavy (non-hydrogen) atoms. The highest BCUT2D eigenvalue weighted by atomic mass is 35.5. The number of carbonyl (C=O) groups excluding carboxylic acids is 1. The van der Waals surface area contributed by atoms with Gasteiger partial charge in [0, 0.05) is 12.5 Å². The molecule has 1 heterocycles. The molecule has 0 bridgehead atoms. The number of piperidine rings is 1. The first-order chi connectivity index (χ1) is 9.65. The van der Waals surface area contributed by atoms with Gasteiger partial charge in [-0.3, -0.25) is 4.79 Å². The zero-order chi connectivity index (χ0) is 14.4. The van der Waals surface area contributed by atoms with Crippen LogP contribution in [0, 0.1) is 17.8 Å². The first kappa shape index (κ1) is 18.8. The lowest BCUT2D eigenvalue weighted by Crippen LogP contribution is -2.39. The molecule has 0 aromatic heterocycles. The summed E-state index contributed by atoms with van der Waals surface area (Å²) in [4.78, 5) is 12.1. The van der Waals surface area contributed by atoms with Crippen molar-refractivity contribution in [1.82, 2.24) is 10.6 Å². The highest BCUT2D eigenvalue weighted by molar-refractivity contribution is 5.85. The zero-order valence-corrected chi connectivity index (χ0v) is 14.5. The Morgan fingerprint density at radius 1 is 1.19 bits per heavy atom. The minimum absolute atomic E-state index is 0.